The van der Waals surface area contributed by atoms with Crippen LogP contribution >= 0.6 is 0 Å². The lowest BCUT2D eigenvalue weighted by molar-refractivity contribution is -0.123. The number of methoxy groups -OCH3 is 1. The number of hydrogen-bond donors (Lipinski definition) is 2. The van der Waals surface area contributed by atoms with Crippen LogP contribution in [0, 0.1) is 40.9 Å². The highest BCUT2D eigenvalue weighted by Gasteiger charge is 2.57. The lowest BCUT2D eigenvalue weighted by Crippen LogP contribution is -2.52. The van der Waals surface area contributed by atoms with Crippen molar-refractivity contribution >= 4 is 0 Å². The molecule has 0 aromatic heterocycles. The molecule has 0 spiro atoms. The molecule has 0 bridgehead atoms. The Morgan fingerprint density at radius 2 is 1.85 bits per heavy atom. The van der Waals surface area contributed by atoms with E-state index in [1.165, 1.54) is 50.5 Å². The molecule has 0 saturated heterocycles. The van der Waals surface area contributed by atoms with Gasteiger partial charge in [0.2, 0.25) is 0 Å². The van der Waals surface area contributed by atoms with Crippen LogP contribution in [0.4, 0.5) is 0 Å². The summed E-state index contributed by atoms with van der Waals surface area (Å²) in [5.74, 6) is 5.02. The molecule has 4 aliphatic rings. The lowest BCUT2D eigenvalue weighted by atomic mass is 9.48. The quantitative estimate of drug-likeness (QED) is 0.700. The molecule has 3 heteroatoms. The van der Waals surface area contributed by atoms with E-state index in [0.717, 1.165) is 49.0 Å². The van der Waals surface area contributed by atoms with Gasteiger partial charge in [0.05, 0.1) is 12.2 Å². The Balaban J connectivity index is 1.48. The van der Waals surface area contributed by atoms with Crippen LogP contribution in [0.25, 0.3) is 0 Å². The summed E-state index contributed by atoms with van der Waals surface area (Å²) < 4.78 is 5.33. The zero-order valence-electron chi connectivity index (χ0n) is 17.8. The monoisotopic (exact) mass is 375 g/mol. The normalized spacial score (nSPS) is 49.2. The maximum absolute atomic E-state index is 10.9. The summed E-state index contributed by atoms with van der Waals surface area (Å²) >= 11 is 0. The molecule has 8 atom stereocenters. The average molecular weight is 376 g/mol. The van der Waals surface area contributed by atoms with Crippen LogP contribution in [0.1, 0.15) is 64.7 Å². The van der Waals surface area contributed by atoms with E-state index in [9.17, 15) is 5.11 Å². The van der Waals surface area contributed by atoms with Crippen LogP contribution in [0.2, 0.25) is 0 Å². The summed E-state index contributed by atoms with van der Waals surface area (Å²) in [7, 11) is 3.77. The van der Waals surface area contributed by atoms with Crippen molar-refractivity contribution in [3.63, 3.8) is 0 Å². The summed E-state index contributed by atoms with van der Waals surface area (Å²) in [6, 6.07) is 0. The summed E-state index contributed by atoms with van der Waals surface area (Å²) in [6.07, 6.45) is 11.4. The minimum atomic E-state index is -0.560. The van der Waals surface area contributed by atoms with Gasteiger partial charge in [-0.1, -0.05) is 19.1 Å². The van der Waals surface area contributed by atoms with Crippen LogP contribution in [0.15, 0.2) is 12.2 Å². The maximum atomic E-state index is 10.9. The smallest absolute Gasteiger partial charge is 0.0882 e. The number of aliphatic hydroxyl groups is 1. The molecule has 2 N–H and O–H groups in total. The minimum absolute atomic E-state index is 0.480. The molecule has 4 rings (SSSR count). The second-order valence-electron chi connectivity index (χ2n) is 10.7. The fourth-order valence-corrected chi connectivity index (χ4v) is 8.38. The first-order chi connectivity index (χ1) is 12.9. The zero-order chi connectivity index (χ0) is 19.2. The maximum Gasteiger partial charge on any atom is 0.0882 e. The third-order valence-electron chi connectivity index (χ3n) is 9.41. The standard InChI is InChI=1S/C24H41NO2/c1-16(14-25-3)21-7-8-22-20-6-5-17-13-24(26,15-27-4)12-10-18(17)19(20)9-11-23(21,22)2/h17-22,25-26H,1,5-15H2,2-4H3/t17-,18-,19+,20+,21+,22-,23+,24+/m0/s1. The van der Waals surface area contributed by atoms with Gasteiger partial charge in [0.25, 0.3) is 0 Å². The number of hydrogen-bond acceptors (Lipinski definition) is 3. The van der Waals surface area contributed by atoms with Crippen molar-refractivity contribution in [2.24, 2.45) is 40.9 Å². The van der Waals surface area contributed by atoms with Gasteiger partial charge in [-0.25, -0.2) is 0 Å². The minimum Gasteiger partial charge on any atom is -0.387 e. The van der Waals surface area contributed by atoms with Crippen LogP contribution in [0.3, 0.4) is 0 Å². The van der Waals surface area contributed by atoms with Gasteiger partial charge in [0.15, 0.2) is 0 Å². The Hall–Kier alpha value is -0.380. The molecule has 0 unspecified atom stereocenters. The number of rotatable bonds is 5. The van der Waals surface area contributed by atoms with E-state index in [1.54, 1.807) is 7.11 Å². The fraction of sp³-hybridized carbons (Fsp3) is 0.917. The Morgan fingerprint density at radius 3 is 2.59 bits per heavy atom. The predicted octanol–water partition coefficient (Wildman–Crippen LogP) is 4.41. The van der Waals surface area contributed by atoms with Crippen LogP contribution in [-0.2, 0) is 4.74 Å². The van der Waals surface area contributed by atoms with E-state index in [-0.39, 0.29) is 0 Å². The molecule has 4 aliphatic carbocycles. The van der Waals surface area contributed by atoms with E-state index in [4.69, 9.17) is 4.74 Å². The number of likely N-dealkylation sites (N-methyl/N-ethyl adjacent to an activating group) is 1. The van der Waals surface area contributed by atoms with Gasteiger partial charge in [-0.2, -0.15) is 0 Å². The highest BCUT2D eigenvalue weighted by atomic mass is 16.5. The van der Waals surface area contributed by atoms with E-state index in [0.29, 0.717) is 17.9 Å². The van der Waals surface area contributed by atoms with E-state index in [2.05, 4.69) is 18.8 Å². The highest BCUT2D eigenvalue weighted by molar-refractivity contribution is 5.16. The average Bonchev–Trinajstić information content (AvgIpc) is 2.98. The van der Waals surface area contributed by atoms with Gasteiger partial charge in [-0.15, -0.1) is 0 Å². The zero-order valence-corrected chi connectivity index (χ0v) is 17.8. The molecule has 0 radical (unpaired) electrons. The van der Waals surface area contributed by atoms with Crippen molar-refractivity contribution in [2.75, 3.05) is 27.3 Å². The summed E-state index contributed by atoms with van der Waals surface area (Å²) in [6.45, 7) is 8.55. The highest BCUT2D eigenvalue weighted by Crippen LogP contribution is 2.65. The van der Waals surface area contributed by atoms with Gasteiger partial charge in [-0.05, 0) is 106 Å². The van der Waals surface area contributed by atoms with Gasteiger partial charge in [0.1, 0.15) is 0 Å². The van der Waals surface area contributed by atoms with Gasteiger partial charge >= 0.3 is 0 Å². The summed E-state index contributed by atoms with van der Waals surface area (Å²) in [5, 5.41) is 14.2. The SMILES string of the molecule is C=C(CNC)[C@H]1CC[C@H]2[C@@H]3CC[C@H]4C[C@@](O)(COC)CC[C@@H]4[C@H]3CC[C@]12C. The second kappa shape index (κ2) is 7.46. The number of ether oxygens (including phenoxy) is 1. The van der Waals surface area contributed by atoms with Gasteiger partial charge in [0, 0.05) is 13.7 Å². The van der Waals surface area contributed by atoms with Crippen molar-refractivity contribution in [1.82, 2.24) is 5.32 Å². The third-order valence-corrected chi connectivity index (χ3v) is 9.41. The Morgan fingerprint density at radius 1 is 1.07 bits per heavy atom. The lowest BCUT2D eigenvalue weighted by Gasteiger charge is -2.57. The van der Waals surface area contributed by atoms with Gasteiger partial charge in [-0.3, -0.25) is 0 Å². The number of fused-ring (bicyclic) bond motifs is 5. The largest absolute Gasteiger partial charge is 0.387 e. The predicted molar refractivity (Wildman–Crippen MR) is 110 cm³/mol. The van der Waals surface area contributed by atoms with E-state index >= 15 is 0 Å². The Labute approximate surface area is 166 Å². The molecule has 0 aliphatic heterocycles. The Kier molecular flexibility index (Phi) is 5.50. The second-order valence-corrected chi connectivity index (χ2v) is 10.7. The molecule has 0 amide bonds. The topological polar surface area (TPSA) is 41.5 Å². The van der Waals surface area contributed by atoms with Crippen LogP contribution in [0.5, 0.6) is 0 Å². The van der Waals surface area contributed by atoms with Crippen LogP contribution < -0.4 is 5.32 Å². The molecular formula is C24H41NO2. The molecule has 3 nitrogen and oxygen atoms in total. The first-order valence-corrected chi connectivity index (χ1v) is 11.5. The molecule has 154 valence electrons. The van der Waals surface area contributed by atoms with Crippen molar-refractivity contribution < 1.29 is 9.84 Å². The van der Waals surface area contributed by atoms with Gasteiger partial charge < -0.3 is 15.2 Å². The first-order valence-electron chi connectivity index (χ1n) is 11.5. The molecule has 27 heavy (non-hydrogen) atoms. The first kappa shape index (κ1) is 19.9. The van der Waals surface area contributed by atoms with Crippen molar-refractivity contribution in [2.45, 2.75) is 70.3 Å². The summed E-state index contributed by atoms with van der Waals surface area (Å²) in [4.78, 5) is 0. The van der Waals surface area contributed by atoms with E-state index < -0.39 is 5.60 Å². The van der Waals surface area contributed by atoms with Crippen molar-refractivity contribution in [1.29, 1.82) is 0 Å². The summed E-state index contributed by atoms with van der Waals surface area (Å²) in [5.41, 5.74) is 1.36. The van der Waals surface area contributed by atoms with Crippen molar-refractivity contribution in [3.05, 3.63) is 12.2 Å². The fourth-order valence-electron chi connectivity index (χ4n) is 8.38. The molecule has 4 saturated carbocycles. The molecule has 4 fully saturated rings. The van der Waals surface area contributed by atoms with Crippen molar-refractivity contribution in [3.8, 4) is 0 Å². The van der Waals surface area contributed by atoms with E-state index in [1.807, 2.05) is 7.05 Å². The Bertz CT molecular complexity index is 563. The molecule has 0 aromatic rings. The molecule has 0 aromatic carbocycles. The van der Waals surface area contributed by atoms with Crippen LogP contribution in [-0.4, -0.2) is 38.0 Å². The molecule has 0 heterocycles. The third kappa shape index (κ3) is 3.32. The molecular weight excluding hydrogens is 334 g/mol. The number of nitrogens with one attached hydrogen (secondary N) is 1.